The summed E-state index contributed by atoms with van der Waals surface area (Å²) in [6.45, 7) is 6.16. The number of aliphatic hydroxyl groups excluding tert-OH is 1. The monoisotopic (exact) mass is 349 g/mol. The third kappa shape index (κ3) is 5.32. The molecule has 1 N–H and O–H groups in total. The average molecular weight is 350 g/mol. The standard InChI is InChI=1S/C19H28ClN3O/c1-19(2,3)18(24)17(23-14-21-13-22-23)12-6-4-5-9-15-10-7-8-11-16(15)20/h7-8,10-11,13-14,17-18,24H,4-6,9,12H2,1-3H3/t17-,18+/m1/s1. The highest BCUT2D eigenvalue weighted by atomic mass is 35.5. The van der Waals surface area contributed by atoms with Crippen molar-refractivity contribution in [1.82, 2.24) is 14.8 Å². The Balaban J connectivity index is 1.84. The van der Waals surface area contributed by atoms with E-state index in [9.17, 15) is 5.11 Å². The van der Waals surface area contributed by atoms with Crippen LogP contribution < -0.4 is 0 Å². The number of nitrogens with zero attached hydrogens (tertiary/aromatic N) is 3. The summed E-state index contributed by atoms with van der Waals surface area (Å²) >= 11 is 6.20. The summed E-state index contributed by atoms with van der Waals surface area (Å²) in [5.41, 5.74) is 1.02. The lowest BCUT2D eigenvalue weighted by Gasteiger charge is -2.33. The summed E-state index contributed by atoms with van der Waals surface area (Å²) in [4.78, 5) is 4.03. The summed E-state index contributed by atoms with van der Waals surface area (Å²) in [7, 11) is 0. The first-order valence-electron chi connectivity index (χ1n) is 8.65. The molecule has 24 heavy (non-hydrogen) atoms. The lowest BCUT2D eigenvalue weighted by atomic mass is 9.83. The maximum Gasteiger partial charge on any atom is 0.137 e. The van der Waals surface area contributed by atoms with Crippen molar-refractivity contribution in [3.05, 3.63) is 47.5 Å². The largest absolute Gasteiger partial charge is 0.390 e. The lowest BCUT2D eigenvalue weighted by Crippen LogP contribution is -2.35. The fourth-order valence-corrected chi connectivity index (χ4v) is 3.18. The Bertz CT molecular complexity index is 607. The number of benzene rings is 1. The molecule has 0 unspecified atom stereocenters. The van der Waals surface area contributed by atoms with Crippen LogP contribution in [0.2, 0.25) is 5.02 Å². The first-order valence-corrected chi connectivity index (χ1v) is 9.03. The van der Waals surface area contributed by atoms with Gasteiger partial charge >= 0.3 is 0 Å². The van der Waals surface area contributed by atoms with Gasteiger partial charge in [-0.15, -0.1) is 0 Å². The highest BCUT2D eigenvalue weighted by Gasteiger charge is 2.31. The zero-order valence-electron chi connectivity index (χ0n) is 14.8. The molecule has 4 nitrogen and oxygen atoms in total. The van der Waals surface area contributed by atoms with E-state index in [2.05, 4.69) is 36.9 Å². The highest BCUT2D eigenvalue weighted by molar-refractivity contribution is 6.31. The zero-order valence-corrected chi connectivity index (χ0v) is 15.6. The van der Waals surface area contributed by atoms with Gasteiger partial charge in [-0.3, -0.25) is 0 Å². The van der Waals surface area contributed by atoms with E-state index in [1.807, 2.05) is 18.2 Å². The Morgan fingerprint density at radius 3 is 2.54 bits per heavy atom. The van der Waals surface area contributed by atoms with E-state index >= 15 is 0 Å². The Morgan fingerprint density at radius 1 is 1.17 bits per heavy atom. The maximum atomic E-state index is 10.7. The molecule has 2 aromatic rings. The number of unbranched alkanes of at least 4 members (excludes halogenated alkanes) is 2. The quantitative estimate of drug-likeness (QED) is 0.704. The molecule has 132 valence electrons. The van der Waals surface area contributed by atoms with Gasteiger partial charge in [0.1, 0.15) is 12.7 Å². The molecular formula is C19H28ClN3O. The van der Waals surface area contributed by atoms with Crippen molar-refractivity contribution < 1.29 is 5.11 Å². The number of hydrogen-bond acceptors (Lipinski definition) is 3. The third-order valence-corrected chi connectivity index (χ3v) is 4.80. The fourth-order valence-electron chi connectivity index (χ4n) is 2.95. The molecule has 2 rings (SSSR count). The predicted octanol–water partition coefficient (Wildman–Crippen LogP) is 4.68. The molecule has 2 atom stereocenters. The number of halogens is 1. The van der Waals surface area contributed by atoms with Gasteiger partial charge < -0.3 is 5.11 Å². The minimum atomic E-state index is -0.456. The topological polar surface area (TPSA) is 50.9 Å². The van der Waals surface area contributed by atoms with Crippen LogP contribution >= 0.6 is 11.6 Å². The van der Waals surface area contributed by atoms with Gasteiger partial charge in [0.15, 0.2) is 0 Å². The molecule has 1 heterocycles. The summed E-state index contributed by atoms with van der Waals surface area (Å²) in [5, 5.41) is 15.8. The number of aromatic nitrogens is 3. The van der Waals surface area contributed by atoms with E-state index in [0.29, 0.717) is 0 Å². The maximum absolute atomic E-state index is 10.7. The van der Waals surface area contributed by atoms with Crippen molar-refractivity contribution in [2.75, 3.05) is 0 Å². The summed E-state index contributed by atoms with van der Waals surface area (Å²) in [6, 6.07) is 7.98. The fraction of sp³-hybridized carbons (Fsp3) is 0.579. The molecule has 0 bridgehead atoms. The van der Waals surface area contributed by atoms with Gasteiger partial charge in [-0.05, 0) is 36.3 Å². The number of aryl methyl sites for hydroxylation is 1. The van der Waals surface area contributed by atoms with Gasteiger partial charge in [0.05, 0.1) is 12.1 Å². The van der Waals surface area contributed by atoms with E-state index in [0.717, 1.165) is 37.1 Å². The second-order valence-electron chi connectivity index (χ2n) is 7.44. The number of rotatable bonds is 8. The van der Waals surface area contributed by atoms with E-state index in [1.54, 1.807) is 11.0 Å². The number of aliphatic hydroxyl groups is 1. The predicted molar refractivity (Wildman–Crippen MR) is 98.1 cm³/mol. The molecule has 0 spiro atoms. The first kappa shape index (κ1) is 18.9. The van der Waals surface area contributed by atoms with E-state index in [-0.39, 0.29) is 11.5 Å². The van der Waals surface area contributed by atoms with Crippen molar-refractivity contribution >= 4 is 11.6 Å². The Morgan fingerprint density at radius 2 is 1.92 bits per heavy atom. The molecule has 0 aliphatic heterocycles. The van der Waals surface area contributed by atoms with E-state index in [4.69, 9.17) is 11.6 Å². The molecule has 0 aliphatic rings. The van der Waals surface area contributed by atoms with E-state index in [1.165, 1.54) is 11.9 Å². The SMILES string of the molecule is CC(C)(C)[C@@H](O)[C@@H](CCCCCc1ccccc1Cl)n1cncn1. The second kappa shape index (κ2) is 8.63. The van der Waals surface area contributed by atoms with Crippen LogP contribution in [-0.2, 0) is 6.42 Å². The average Bonchev–Trinajstić information content (AvgIpc) is 3.05. The lowest BCUT2D eigenvalue weighted by molar-refractivity contribution is 0.00846. The second-order valence-corrected chi connectivity index (χ2v) is 7.85. The van der Waals surface area contributed by atoms with Crippen molar-refractivity contribution in [2.24, 2.45) is 5.41 Å². The normalized spacial score (nSPS) is 14.5. The highest BCUT2D eigenvalue weighted by Crippen LogP contribution is 2.31. The molecule has 1 aromatic heterocycles. The van der Waals surface area contributed by atoms with Gasteiger partial charge in [0, 0.05) is 5.02 Å². The first-order chi connectivity index (χ1) is 11.4. The molecule has 0 amide bonds. The summed E-state index contributed by atoms with van der Waals surface area (Å²) in [6.07, 6.45) is 7.90. The Hall–Kier alpha value is -1.39. The van der Waals surface area contributed by atoms with Crippen LogP contribution in [0.5, 0.6) is 0 Å². The summed E-state index contributed by atoms with van der Waals surface area (Å²) in [5.74, 6) is 0. The molecule has 5 heteroatoms. The van der Waals surface area contributed by atoms with Gasteiger partial charge in [-0.2, -0.15) is 5.10 Å². The molecule has 1 aromatic carbocycles. The van der Waals surface area contributed by atoms with Crippen LogP contribution in [-0.4, -0.2) is 26.0 Å². The molecular weight excluding hydrogens is 322 g/mol. The van der Waals surface area contributed by atoms with Crippen LogP contribution in [0, 0.1) is 5.41 Å². The van der Waals surface area contributed by atoms with Crippen LogP contribution in [0.3, 0.4) is 0 Å². The van der Waals surface area contributed by atoms with Crippen molar-refractivity contribution in [2.45, 2.75) is 65.0 Å². The number of hydrogen-bond donors (Lipinski definition) is 1. The van der Waals surface area contributed by atoms with Crippen molar-refractivity contribution in [1.29, 1.82) is 0 Å². The minimum Gasteiger partial charge on any atom is -0.390 e. The molecule has 0 saturated carbocycles. The van der Waals surface area contributed by atoms with E-state index < -0.39 is 6.10 Å². The van der Waals surface area contributed by atoms with Gasteiger partial charge in [0.2, 0.25) is 0 Å². The molecule has 0 fully saturated rings. The molecule has 0 saturated heterocycles. The zero-order chi connectivity index (χ0) is 17.6. The van der Waals surface area contributed by atoms with Crippen molar-refractivity contribution in [3.8, 4) is 0 Å². The Kier molecular flexibility index (Phi) is 6.81. The van der Waals surface area contributed by atoms with Crippen LogP contribution in [0.1, 0.15) is 58.1 Å². The van der Waals surface area contributed by atoms with Crippen LogP contribution in [0.15, 0.2) is 36.9 Å². The van der Waals surface area contributed by atoms with Gasteiger partial charge in [0.25, 0.3) is 0 Å². The van der Waals surface area contributed by atoms with Gasteiger partial charge in [-0.25, -0.2) is 9.67 Å². The third-order valence-electron chi connectivity index (χ3n) is 4.43. The summed E-state index contributed by atoms with van der Waals surface area (Å²) < 4.78 is 1.80. The van der Waals surface area contributed by atoms with Crippen LogP contribution in [0.4, 0.5) is 0 Å². The van der Waals surface area contributed by atoms with Crippen LogP contribution in [0.25, 0.3) is 0 Å². The van der Waals surface area contributed by atoms with Gasteiger partial charge in [-0.1, -0.05) is 63.4 Å². The molecule has 0 radical (unpaired) electrons. The Labute approximate surface area is 149 Å². The van der Waals surface area contributed by atoms with Crippen molar-refractivity contribution in [3.63, 3.8) is 0 Å². The smallest absolute Gasteiger partial charge is 0.137 e. The molecule has 0 aliphatic carbocycles. The minimum absolute atomic E-state index is 0.0344.